The summed E-state index contributed by atoms with van der Waals surface area (Å²) in [5.41, 5.74) is 0.790. The molecule has 0 aliphatic heterocycles. The van der Waals surface area contributed by atoms with Crippen molar-refractivity contribution in [1.82, 2.24) is 15.0 Å². The number of hydrogen-bond donors (Lipinski definition) is 2. The Morgan fingerprint density at radius 3 is 2.43 bits per heavy atom. The van der Waals surface area contributed by atoms with Crippen molar-refractivity contribution in [2.24, 2.45) is 0 Å². The highest BCUT2D eigenvalue weighted by atomic mass is 35.5. The third-order valence-electron chi connectivity index (χ3n) is 3.01. The van der Waals surface area contributed by atoms with E-state index >= 15 is 0 Å². The fourth-order valence-electron chi connectivity index (χ4n) is 1.84. The van der Waals surface area contributed by atoms with Crippen LogP contribution in [-0.4, -0.2) is 21.0 Å². The lowest BCUT2D eigenvalue weighted by atomic mass is 10.2. The van der Waals surface area contributed by atoms with E-state index in [1.165, 1.54) is 0 Å². The molecule has 0 amide bonds. The molecule has 21 heavy (non-hydrogen) atoms. The van der Waals surface area contributed by atoms with Gasteiger partial charge in [-0.2, -0.15) is 15.0 Å². The lowest BCUT2D eigenvalue weighted by molar-refractivity contribution is 0.664. The minimum absolute atomic E-state index is 0.142. The van der Waals surface area contributed by atoms with Crippen LogP contribution in [-0.2, 0) is 0 Å². The molecular weight excluding hydrogens is 309 g/mol. The Morgan fingerprint density at radius 2 is 1.76 bits per heavy atom. The minimum Gasteiger partial charge on any atom is -0.351 e. The molecule has 2 aromatic rings. The maximum atomic E-state index is 5.95. The number of benzene rings is 1. The summed E-state index contributed by atoms with van der Waals surface area (Å²) in [7, 11) is 0. The van der Waals surface area contributed by atoms with E-state index in [2.05, 4.69) is 39.4 Å². The lowest BCUT2D eigenvalue weighted by Crippen LogP contribution is -2.19. The van der Waals surface area contributed by atoms with Crippen LogP contribution < -0.4 is 10.6 Å². The summed E-state index contributed by atoms with van der Waals surface area (Å²) in [6.07, 6.45) is 1.97. The predicted molar refractivity (Wildman–Crippen MR) is 87.6 cm³/mol. The van der Waals surface area contributed by atoms with E-state index in [4.69, 9.17) is 23.2 Å². The van der Waals surface area contributed by atoms with E-state index < -0.39 is 0 Å². The Kier molecular flexibility index (Phi) is 5.59. The topological polar surface area (TPSA) is 62.7 Å². The Morgan fingerprint density at radius 1 is 1.05 bits per heavy atom. The van der Waals surface area contributed by atoms with Gasteiger partial charge in [-0.25, -0.2) is 0 Å². The van der Waals surface area contributed by atoms with Gasteiger partial charge in [0.05, 0.1) is 0 Å². The molecule has 2 rings (SSSR count). The summed E-state index contributed by atoms with van der Waals surface area (Å²) in [6.45, 7) is 4.21. The van der Waals surface area contributed by atoms with Crippen LogP contribution in [0, 0.1) is 0 Å². The summed E-state index contributed by atoms with van der Waals surface area (Å²) < 4.78 is 0. The van der Waals surface area contributed by atoms with E-state index in [1.807, 2.05) is 12.1 Å². The van der Waals surface area contributed by atoms with Crippen molar-refractivity contribution in [1.29, 1.82) is 0 Å². The number of rotatable bonds is 6. The first-order valence-corrected chi connectivity index (χ1v) is 7.57. The molecule has 0 fully saturated rings. The van der Waals surface area contributed by atoms with Gasteiger partial charge in [-0.1, -0.05) is 31.5 Å². The van der Waals surface area contributed by atoms with Crippen molar-refractivity contribution in [3.05, 3.63) is 34.6 Å². The summed E-state index contributed by atoms with van der Waals surface area (Å²) in [4.78, 5) is 12.5. The van der Waals surface area contributed by atoms with Crippen LogP contribution in [0.1, 0.15) is 26.7 Å². The molecule has 0 saturated heterocycles. The smallest absolute Gasteiger partial charge is 0.233 e. The predicted octanol–water partition coefficient (Wildman–Crippen LogP) is 4.52. The third-order valence-corrected chi connectivity index (χ3v) is 3.41. The van der Waals surface area contributed by atoms with Gasteiger partial charge in [0.15, 0.2) is 0 Å². The molecule has 2 N–H and O–H groups in total. The summed E-state index contributed by atoms with van der Waals surface area (Å²) in [6, 6.07) is 7.61. The van der Waals surface area contributed by atoms with Crippen molar-refractivity contribution < 1.29 is 0 Å². The normalized spacial score (nSPS) is 10.7. The Hall–Kier alpha value is -1.59. The Bertz CT molecular complexity index is 602. The maximum absolute atomic E-state index is 5.95. The monoisotopic (exact) mass is 325 g/mol. The van der Waals surface area contributed by atoms with E-state index in [1.54, 1.807) is 12.1 Å². The second-order valence-electron chi connectivity index (χ2n) is 4.54. The highest BCUT2D eigenvalue weighted by molar-refractivity contribution is 6.30. The molecule has 0 radical (unpaired) electrons. The minimum atomic E-state index is 0.142. The summed E-state index contributed by atoms with van der Waals surface area (Å²) >= 11 is 11.9. The zero-order valence-corrected chi connectivity index (χ0v) is 13.4. The van der Waals surface area contributed by atoms with Crippen LogP contribution in [0.4, 0.5) is 17.6 Å². The van der Waals surface area contributed by atoms with Crippen LogP contribution in [0.2, 0.25) is 10.3 Å². The van der Waals surface area contributed by atoms with Gasteiger partial charge in [0, 0.05) is 16.8 Å². The zero-order valence-electron chi connectivity index (χ0n) is 11.9. The molecule has 0 bridgehead atoms. The number of hydrogen-bond acceptors (Lipinski definition) is 5. The van der Waals surface area contributed by atoms with E-state index in [-0.39, 0.29) is 5.28 Å². The van der Waals surface area contributed by atoms with Crippen molar-refractivity contribution in [2.75, 3.05) is 10.6 Å². The van der Waals surface area contributed by atoms with E-state index in [0.29, 0.717) is 23.0 Å². The molecule has 0 atom stereocenters. The maximum Gasteiger partial charge on any atom is 0.233 e. The van der Waals surface area contributed by atoms with E-state index in [0.717, 1.165) is 18.5 Å². The van der Waals surface area contributed by atoms with Gasteiger partial charge in [0.1, 0.15) is 0 Å². The van der Waals surface area contributed by atoms with Gasteiger partial charge >= 0.3 is 0 Å². The number of nitrogens with one attached hydrogen (secondary N) is 2. The van der Waals surface area contributed by atoms with Crippen LogP contribution in [0.15, 0.2) is 24.3 Å². The molecule has 0 aliphatic rings. The van der Waals surface area contributed by atoms with E-state index in [9.17, 15) is 0 Å². The summed E-state index contributed by atoms with van der Waals surface area (Å²) in [5.74, 6) is 0.846. The number of halogens is 2. The first-order chi connectivity index (χ1) is 10.1. The molecule has 0 saturated carbocycles. The van der Waals surface area contributed by atoms with Crippen molar-refractivity contribution in [2.45, 2.75) is 32.7 Å². The molecule has 0 spiro atoms. The highest BCUT2D eigenvalue weighted by Crippen LogP contribution is 2.19. The molecule has 112 valence electrons. The second kappa shape index (κ2) is 7.43. The van der Waals surface area contributed by atoms with Crippen LogP contribution in [0.5, 0.6) is 0 Å². The van der Waals surface area contributed by atoms with Crippen molar-refractivity contribution >= 4 is 40.8 Å². The Labute approximate surface area is 134 Å². The first-order valence-electron chi connectivity index (χ1n) is 6.81. The van der Waals surface area contributed by atoms with Gasteiger partial charge in [-0.3, -0.25) is 0 Å². The van der Waals surface area contributed by atoms with Crippen molar-refractivity contribution in [3.63, 3.8) is 0 Å². The Balaban J connectivity index is 2.18. The number of nitrogens with zero attached hydrogens (tertiary/aromatic N) is 3. The average Bonchev–Trinajstić information content (AvgIpc) is 2.44. The molecule has 1 heterocycles. The molecular formula is C14H17Cl2N5. The van der Waals surface area contributed by atoms with Gasteiger partial charge in [-0.15, -0.1) is 0 Å². The SMILES string of the molecule is CCC(CC)Nc1nc(Cl)nc(Nc2cccc(Cl)c2)n1. The number of aromatic nitrogens is 3. The van der Waals surface area contributed by atoms with Crippen molar-refractivity contribution in [3.8, 4) is 0 Å². The quantitative estimate of drug-likeness (QED) is 0.817. The second-order valence-corrected chi connectivity index (χ2v) is 5.32. The molecule has 5 nitrogen and oxygen atoms in total. The zero-order chi connectivity index (χ0) is 15.2. The molecule has 1 aromatic heterocycles. The molecule has 0 unspecified atom stereocenters. The summed E-state index contributed by atoms with van der Waals surface area (Å²) in [5, 5.41) is 7.08. The average molecular weight is 326 g/mol. The van der Waals surface area contributed by atoms with Crippen LogP contribution in [0.3, 0.4) is 0 Å². The fraction of sp³-hybridized carbons (Fsp3) is 0.357. The highest BCUT2D eigenvalue weighted by Gasteiger charge is 2.09. The largest absolute Gasteiger partial charge is 0.351 e. The fourth-order valence-corrected chi connectivity index (χ4v) is 2.19. The van der Waals surface area contributed by atoms with Gasteiger partial charge in [-0.05, 0) is 42.6 Å². The standard InChI is InChI=1S/C14H17Cl2N5/c1-3-10(4-2)17-13-19-12(16)20-14(21-13)18-11-7-5-6-9(15)8-11/h5-8,10H,3-4H2,1-2H3,(H2,17,18,19,20,21). The number of anilines is 3. The molecule has 7 heteroatoms. The van der Waals surface area contributed by atoms with Crippen LogP contribution in [0.25, 0.3) is 0 Å². The third kappa shape index (κ3) is 4.72. The van der Waals surface area contributed by atoms with Crippen LogP contribution >= 0.6 is 23.2 Å². The van der Waals surface area contributed by atoms with Gasteiger partial charge in [0.25, 0.3) is 0 Å². The molecule has 1 aromatic carbocycles. The lowest BCUT2D eigenvalue weighted by Gasteiger charge is -2.15. The molecule has 0 aliphatic carbocycles. The van der Waals surface area contributed by atoms with Gasteiger partial charge < -0.3 is 10.6 Å². The first kappa shape index (κ1) is 15.8. The van der Waals surface area contributed by atoms with Gasteiger partial charge in [0.2, 0.25) is 17.2 Å².